The lowest BCUT2D eigenvalue weighted by atomic mass is 10.0. The van der Waals surface area contributed by atoms with E-state index in [1.54, 1.807) is 30.3 Å². The van der Waals surface area contributed by atoms with E-state index in [2.05, 4.69) is 5.32 Å². The van der Waals surface area contributed by atoms with Gasteiger partial charge in [0.05, 0.1) is 12.7 Å². The SMILES string of the molecule is COCCCn1cc(C(=O)c2cc(F)ccc2OCC(=O)Nc2cccc(OC)c2)cc(C#N)c1=O. The van der Waals surface area contributed by atoms with Crippen LogP contribution in [0.15, 0.2) is 59.5 Å². The molecule has 1 amide bonds. The monoisotopic (exact) mass is 493 g/mol. The van der Waals surface area contributed by atoms with E-state index in [0.29, 0.717) is 24.5 Å². The van der Waals surface area contributed by atoms with Crippen molar-refractivity contribution in [2.45, 2.75) is 13.0 Å². The molecule has 0 spiro atoms. The smallest absolute Gasteiger partial charge is 0.268 e. The number of anilines is 1. The van der Waals surface area contributed by atoms with Crippen LogP contribution in [0.25, 0.3) is 0 Å². The van der Waals surface area contributed by atoms with Gasteiger partial charge in [-0.1, -0.05) is 6.07 Å². The zero-order valence-corrected chi connectivity index (χ0v) is 19.7. The van der Waals surface area contributed by atoms with E-state index in [0.717, 1.165) is 18.2 Å². The van der Waals surface area contributed by atoms with Crippen molar-refractivity contribution >= 4 is 17.4 Å². The summed E-state index contributed by atoms with van der Waals surface area (Å²) in [5, 5.41) is 12.0. The Hall–Kier alpha value is -4.49. The van der Waals surface area contributed by atoms with Gasteiger partial charge in [-0.25, -0.2) is 4.39 Å². The van der Waals surface area contributed by atoms with Crippen LogP contribution < -0.4 is 20.3 Å². The van der Waals surface area contributed by atoms with Crippen molar-refractivity contribution in [1.82, 2.24) is 4.57 Å². The molecule has 0 bridgehead atoms. The summed E-state index contributed by atoms with van der Waals surface area (Å²) in [6.07, 6.45) is 1.79. The number of carbonyl (C=O) groups is 2. The highest BCUT2D eigenvalue weighted by molar-refractivity contribution is 6.10. The van der Waals surface area contributed by atoms with E-state index < -0.39 is 29.7 Å². The summed E-state index contributed by atoms with van der Waals surface area (Å²) < 4.78 is 30.9. The Labute approximate surface area is 206 Å². The Morgan fingerprint density at radius 2 is 1.94 bits per heavy atom. The van der Waals surface area contributed by atoms with Crippen LogP contribution in [0.1, 0.15) is 27.9 Å². The number of amides is 1. The van der Waals surface area contributed by atoms with Crippen molar-refractivity contribution in [1.29, 1.82) is 5.26 Å². The molecule has 0 radical (unpaired) electrons. The lowest BCUT2D eigenvalue weighted by Gasteiger charge is -2.13. The summed E-state index contributed by atoms with van der Waals surface area (Å²) in [6.45, 7) is 0.148. The molecule has 1 N–H and O–H groups in total. The van der Waals surface area contributed by atoms with Gasteiger partial charge >= 0.3 is 0 Å². The molecule has 9 nitrogen and oxygen atoms in total. The number of benzene rings is 2. The van der Waals surface area contributed by atoms with Crippen LogP contribution >= 0.6 is 0 Å². The second-order valence-electron chi connectivity index (χ2n) is 7.64. The first-order valence-electron chi connectivity index (χ1n) is 10.9. The molecule has 0 saturated carbocycles. The van der Waals surface area contributed by atoms with Gasteiger partial charge in [0.15, 0.2) is 12.4 Å². The van der Waals surface area contributed by atoms with Gasteiger partial charge in [0.25, 0.3) is 11.5 Å². The third-order valence-electron chi connectivity index (χ3n) is 5.11. The summed E-state index contributed by atoms with van der Waals surface area (Å²) in [5.41, 5.74) is -0.446. The molecule has 0 aliphatic heterocycles. The average Bonchev–Trinajstić information content (AvgIpc) is 2.88. The number of ether oxygens (including phenoxy) is 3. The largest absolute Gasteiger partial charge is 0.497 e. The molecule has 0 atom stereocenters. The number of hydrogen-bond donors (Lipinski definition) is 1. The second-order valence-corrected chi connectivity index (χ2v) is 7.64. The summed E-state index contributed by atoms with van der Waals surface area (Å²) in [6, 6.07) is 13.0. The van der Waals surface area contributed by atoms with Crippen LogP contribution in [-0.4, -0.2) is 43.7 Å². The van der Waals surface area contributed by atoms with Gasteiger partial charge in [0.1, 0.15) is 28.9 Å². The van der Waals surface area contributed by atoms with E-state index in [-0.39, 0.29) is 29.0 Å². The Bertz CT molecular complexity index is 1360. The highest BCUT2D eigenvalue weighted by atomic mass is 19.1. The number of nitriles is 1. The molecular weight excluding hydrogens is 469 g/mol. The van der Waals surface area contributed by atoms with Crippen molar-refractivity contribution in [2.75, 3.05) is 32.8 Å². The lowest BCUT2D eigenvalue weighted by Crippen LogP contribution is -2.25. The maximum atomic E-state index is 14.1. The molecule has 3 rings (SSSR count). The number of rotatable bonds is 11. The van der Waals surface area contributed by atoms with E-state index in [9.17, 15) is 24.0 Å². The molecular formula is C26H24FN3O6. The molecule has 2 aromatic carbocycles. The van der Waals surface area contributed by atoms with Gasteiger partial charge in [0, 0.05) is 43.8 Å². The molecule has 1 heterocycles. The fourth-order valence-electron chi connectivity index (χ4n) is 3.39. The zero-order valence-electron chi connectivity index (χ0n) is 19.7. The topological polar surface area (TPSA) is 120 Å². The fraction of sp³-hybridized carbons (Fsp3) is 0.231. The third-order valence-corrected chi connectivity index (χ3v) is 5.11. The minimum Gasteiger partial charge on any atom is -0.497 e. The minimum atomic E-state index is -0.694. The number of aryl methyl sites for hydroxylation is 1. The highest BCUT2D eigenvalue weighted by Gasteiger charge is 2.20. The number of hydrogen-bond acceptors (Lipinski definition) is 7. The molecule has 36 heavy (non-hydrogen) atoms. The summed E-state index contributed by atoms with van der Waals surface area (Å²) in [7, 11) is 3.02. The Kier molecular flexibility index (Phi) is 8.91. The summed E-state index contributed by atoms with van der Waals surface area (Å²) >= 11 is 0. The number of pyridine rings is 1. The highest BCUT2D eigenvalue weighted by Crippen LogP contribution is 2.24. The van der Waals surface area contributed by atoms with E-state index in [1.165, 1.54) is 31.0 Å². The maximum Gasteiger partial charge on any atom is 0.268 e. The lowest BCUT2D eigenvalue weighted by molar-refractivity contribution is -0.118. The number of carbonyl (C=O) groups excluding carboxylic acids is 2. The molecule has 0 aliphatic carbocycles. The molecule has 1 aromatic heterocycles. The van der Waals surface area contributed by atoms with Crippen LogP contribution in [0.2, 0.25) is 0 Å². The zero-order chi connectivity index (χ0) is 26.1. The van der Waals surface area contributed by atoms with Crippen molar-refractivity contribution < 1.29 is 28.2 Å². The first-order valence-corrected chi connectivity index (χ1v) is 10.9. The van der Waals surface area contributed by atoms with Crippen molar-refractivity contribution in [3.63, 3.8) is 0 Å². The Balaban J connectivity index is 1.83. The van der Waals surface area contributed by atoms with Crippen LogP contribution in [0.3, 0.4) is 0 Å². The predicted molar refractivity (Wildman–Crippen MR) is 129 cm³/mol. The van der Waals surface area contributed by atoms with E-state index >= 15 is 0 Å². The maximum absolute atomic E-state index is 14.1. The van der Waals surface area contributed by atoms with E-state index in [4.69, 9.17) is 14.2 Å². The fourth-order valence-corrected chi connectivity index (χ4v) is 3.39. The van der Waals surface area contributed by atoms with Crippen molar-refractivity contribution in [2.24, 2.45) is 0 Å². The van der Waals surface area contributed by atoms with Gasteiger partial charge < -0.3 is 24.1 Å². The van der Waals surface area contributed by atoms with Crippen LogP contribution in [-0.2, 0) is 16.1 Å². The first kappa shape index (κ1) is 26.1. The van der Waals surface area contributed by atoms with Gasteiger partial charge in [-0.2, -0.15) is 5.26 Å². The van der Waals surface area contributed by atoms with Gasteiger partial charge in [-0.05, 0) is 42.8 Å². The summed E-state index contributed by atoms with van der Waals surface area (Å²) in [4.78, 5) is 38.1. The van der Waals surface area contributed by atoms with Gasteiger partial charge in [0.2, 0.25) is 0 Å². The van der Waals surface area contributed by atoms with Crippen LogP contribution in [0.4, 0.5) is 10.1 Å². The average molecular weight is 493 g/mol. The van der Waals surface area contributed by atoms with Crippen LogP contribution in [0, 0.1) is 17.1 Å². The molecule has 186 valence electrons. The Morgan fingerprint density at radius 3 is 2.67 bits per heavy atom. The molecule has 0 saturated heterocycles. The second kappa shape index (κ2) is 12.3. The predicted octanol–water partition coefficient (Wildman–Crippen LogP) is 3.15. The van der Waals surface area contributed by atoms with E-state index in [1.807, 2.05) is 0 Å². The summed E-state index contributed by atoms with van der Waals surface area (Å²) in [5.74, 6) is -1.35. The molecule has 0 aliphatic rings. The van der Waals surface area contributed by atoms with Crippen molar-refractivity contribution in [3.8, 4) is 17.6 Å². The van der Waals surface area contributed by atoms with Crippen molar-refractivity contribution in [3.05, 3.63) is 87.6 Å². The normalized spacial score (nSPS) is 10.4. The minimum absolute atomic E-state index is 0.000140. The number of nitrogens with one attached hydrogen (secondary N) is 1. The number of methoxy groups -OCH3 is 2. The quantitative estimate of drug-likeness (QED) is 0.322. The number of aromatic nitrogens is 1. The molecule has 3 aromatic rings. The van der Waals surface area contributed by atoms with Crippen LogP contribution in [0.5, 0.6) is 11.5 Å². The molecule has 0 fully saturated rings. The third kappa shape index (κ3) is 6.55. The molecule has 10 heteroatoms. The number of halogens is 1. The molecule has 0 unspecified atom stereocenters. The van der Waals surface area contributed by atoms with Gasteiger partial charge in [-0.3, -0.25) is 14.4 Å². The first-order chi connectivity index (χ1) is 17.4. The number of nitrogens with zero attached hydrogens (tertiary/aromatic N) is 2. The Morgan fingerprint density at radius 1 is 1.14 bits per heavy atom. The van der Waals surface area contributed by atoms with Gasteiger partial charge in [-0.15, -0.1) is 0 Å². The number of ketones is 1. The standard InChI is InChI=1S/C26H24FN3O6/c1-34-10-4-9-30-15-18(11-17(14-28)26(30)33)25(32)22-12-19(27)7-8-23(22)36-16-24(31)29-20-5-3-6-21(13-20)35-2/h3,5-8,11-13,15H,4,9-10,16H2,1-2H3,(H,29,31).